The minimum absolute atomic E-state index is 0. The Morgan fingerprint density at radius 3 is 2.55 bits per heavy atom. The van der Waals surface area contributed by atoms with E-state index in [1.54, 1.807) is 7.11 Å². The van der Waals surface area contributed by atoms with Gasteiger partial charge in [0, 0.05) is 13.7 Å². The Labute approximate surface area is 72.0 Å². The second-order valence-corrected chi connectivity index (χ2v) is 2.53. The minimum Gasteiger partial charge on any atom is -0.389 e. The van der Waals surface area contributed by atoms with Crippen LogP contribution in [0.15, 0.2) is 0 Å². The predicted molar refractivity (Wildman–Crippen MR) is 42.9 cm³/mol. The third-order valence-corrected chi connectivity index (χ3v) is 1.74. The molecule has 3 atom stereocenters. The van der Waals surface area contributed by atoms with Crippen molar-refractivity contribution in [3.05, 3.63) is 0 Å². The van der Waals surface area contributed by atoms with Crippen molar-refractivity contribution >= 4 is 12.4 Å². The maximum absolute atomic E-state index is 9.20. The summed E-state index contributed by atoms with van der Waals surface area (Å²) < 4.78 is 4.81. The van der Waals surface area contributed by atoms with Gasteiger partial charge in [0.2, 0.25) is 0 Å². The van der Waals surface area contributed by atoms with E-state index in [4.69, 9.17) is 9.84 Å². The predicted octanol–water partition coefficient (Wildman–Crippen LogP) is -1.25. The molecule has 0 saturated carbocycles. The zero-order valence-electron chi connectivity index (χ0n) is 6.36. The number of rotatable bonds is 2. The Morgan fingerprint density at radius 2 is 2.18 bits per heavy atom. The number of aliphatic hydroxyl groups is 2. The molecule has 0 unspecified atom stereocenters. The number of nitrogens with one attached hydrogen (secondary N) is 1. The zero-order valence-corrected chi connectivity index (χ0v) is 7.17. The number of hydrogen-bond acceptors (Lipinski definition) is 4. The third kappa shape index (κ3) is 2.57. The Kier molecular flexibility index (Phi) is 4.96. The van der Waals surface area contributed by atoms with Crippen LogP contribution in [0.3, 0.4) is 0 Å². The summed E-state index contributed by atoms with van der Waals surface area (Å²) in [5.41, 5.74) is 0. The molecule has 1 rings (SSSR count). The van der Waals surface area contributed by atoms with E-state index in [1.807, 2.05) is 0 Å². The van der Waals surface area contributed by atoms with Crippen molar-refractivity contribution in [2.75, 3.05) is 20.3 Å². The molecule has 0 aliphatic carbocycles. The Morgan fingerprint density at radius 1 is 1.55 bits per heavy atom. The van der Waals surface area contributed by atoms with Gasteiger partial charge < -0.3 is 20.3 Å². The normalized spacial score (nSPS) is 36.8. The summed E-state index contributed by atoms with van der Waals surface area (Å²) in [5.74, 6) is 0. The lowest BCUT2D eigenvalue weighted by molar-refractivity contribution is 0.0234. The highest BCUT2D eigenvalue weighted by Crippen LogP contribution is 2.07. The number of halogens is 1. The van der Waals surface area contributed by atoms with Crippen LogP contribution >= 0.6 is 12.4 Å². The molecular weight excluding hydrogens is 170 g/mol. The molecule has 1 fully saturated rings. The fraction of sp³-hybridized carbons (Fsp3) is 1.00. The summed E-state index contributed by atoms with van der Waals surface area (Å²) in [6.07, 6.45) is -1.32. The fourth-order valence-corrected chi connectivity index (χ4v) is 1.12. The monoisotopic (exact) mass is 183 g/mol. The van der Waals surface area contributed by atoms with E-state index in [2.05, 4.69) is 5.32 Å². The van der Waals surface area contributed by atoms with E-state index in [-0.39, 0.29) is 18.4 Å². The minimum atomic E-state index is -0.681. The van der Waals surface area contributed by atoms with Gasteiger partial charge in [0.05, 0.1) is 24.9 Å². The number of methoxy groups -OCH3 is 1. The molecule has 11 heavy (non-hydrogen) atoms. The van der Waals surface area contributed by atoms with Crippen LogP contribution in [0.25, 0.3) is 0 Å². The molecule has 0 spiro atoms. The number of aliphatic hydroxyl groups excluding tert-OH is 2. The van der Waals surface area contributed by atoms with E-state index < -0.39 is 12.2 Å². The lowest BCUT2D eigenvalue weighted by Gasteiger charge is -2.13. The van der Waals surface area contributed by atoms with Crippen molar-refractivity contribution in [1.82, 2.24) is 5.32 Å². The maximum atomic E-state index is 9.20. The second-order valence-electron chi connectivity index (χ2n) is 2.53. The zero-order chi connectivity index (χ0) is 7.56. The first-order valence-electron chi connectivity index (χ1n) is 3.34. The molecule has 4 nitrogen and oxygen atoms in total. The van der Waals surface area contributed by atoms with Crippen LogP contribution < -0.4 is 5.32 Å². The maximum Gasteiger partial charge on any atom is 0.0986 e. The Bertz CT molecular complexity index is 112. The summed E-state index contributed by atoms with van der Waals surface area (Å²) in [7, 11) is 1.57. The summed E-state index contributed by atoms with van der Waals surface area (Å²) in [6, 6.07) is -0.111. The third-order valence-electron chi connectivity index (χ3n) is 1.74. The molecular formula is C6H14ClNO3. The van der Waals surface area contributed by atoms with Gasteiger partial charge >= 0.3 is 0 Å². The Hall–Kier alpha value is 0.130. The number of ether oxygens (including phenoxy) is 1. The molecule has 1 heterocycles. The van der Waals surface area contributed by atoms with Crippen LogP contribution in [0.4, 0.5) is 0 Å². The molecule has 3 N–H and O–H groups in total. The lowest BCUT2D eigenvalue weighted by Crippen LogP contribution is -2.36. The van der Waals surface area contributed by atoms with E-state index in [1.165, 1.54) is 0 Å². The highest BCUT2D eigenvalue weighted by molar-refractivity contribution is 5.85. The lowest BCUT2D eigenvalue weighted by atomic mass is 10.1. The average Bonchev–Trinajstić information content (AvgIpc) is 2.20. The van der Waals surface area contributed by atoms with Crippen molar-refractivity contribution in [2.24, 2.45) is 0 Å². The van der Waals surface area contributed by atoms with Crippen molar-refractivity contribution in [1.29, 1.82) is 0 Å². The van der Waals surface area contributed by atoms with Crippen LogP contribution in [0.5, 0.6) is 0 Å². The number of hydrogen-bond donors (Lipinski definition) is 3. The molecule has 0 aromatic rings. The fourth-order valence-electron chi connectivity index (χ4n) is 1.12. The molecule has 0 amide bonds. The average molecular weight is 184 g/mol. The van der Waals surface area contributed by atoms with Crippen molar-refractivity contribution in [3.63, 3.8) is 0 Å². The molecule has 0 aromatic carbocycles. The smallest absolute Gasteiger partial charge is 0.0986 e. The van der Waals surface area contributed by atoms with Gasteiger partial charge in [0.25, 0.3) is 0 Å². The molecule has 0 bridgehead atoms. The first-order valence-corrected chi connectivity index (χ1v) is 3.34. The van der Waals surface area contributed by atoms with Gasteiger partial charge in [-0.2, -0.15) is 0 Å². The van der Waals surface area contributed by atoms with Crippen LogP contribution in [0.1, 0.15) is 0 Å². The van der Waals surface area contributed by atoms with Crippen LogP contribution in [-0.2, 0) is 4.74 Å². The van der Waals surface area contributed by atoms with Gasteiger partial charge in [-0.05, 0) is 0 Å². The van der Waals surface area contributed by atoms with Gasteiger partial charge in [0.15, 0.2) is 0 Å². The molecule has 68 valence electrons. The molecule has 0 radical (unpaired) electrons. The van der Waals surface area contributed by atoms with Crippen molar-refractivity contribution in [3.8, 4) is 0 Å². The molecule has 1 aliphatic rings. The second kappa shape index (κ2) is 4.90. The quantitative estimate of drug-likeness (QED) is 0.501. The number of β-amino-alcohol motifs (C(OH)–C–C–N with tert-alkyl or cyclic N) is 1. The van der Waals surface area contributed by atoms with Gasteiger partial charge in [-0.3, -0.25) is 0 Å². The summed E-state index contributed by atoms with van der Waals surface area (Å²) in [4.78, 5) is 0. The SMILES string of the molecule is COC[C@H]1NC[C@H](O)[C@@H]1O.Cl. The van der Waals surface area contributed by atoms with Gasteiger partial charge in [-0.25, -0.2) is 0 Å². The van der Waals surface area contributed by atoms with Gasteiger partial charge in [-0.15, -0.1) is 12.4 Å². The largest absolute Gasteiger partial charge is 0.389 e. The highest BCUT2D eigenvalue weighted by Gasteiger charge is 2.32. The van der Waals surface area contributed by atoms with Gasteiger partial charge in [-0.1, -0.05) is 0 Å². The van der Waals surface area contributed by atoms with Crippen LogP contribution in [-0.4, -0.2) is 48.7 Å². The molecule has 1 aliphatic heterocycles. The van der Waals surface area contributed by atoms with E-state index >= 15 is 0 Å². The first kappa shape index (κ1) is 11.1. The topological polar surface area (TPSA) is 61.7 Å². The van der Waals surface area contributed by atoms with E-state index in [9.17, 15) is 5.11 Å². The standard InChI is InChI=1S/C6H13NO3.ClH/c1-10-3-4-6(9)5(8)2-7-4;/h4-9H,2-3H2,1H3;1H/t4-,5+,6-;/m1./s1. The van der Waals surface area contributed by atoms with Crippen LogP contribution in [0, 0.1) is 0 Å². The van der Waals surface area contributed by atoms with Crippen molar-refractivity contribution in [2.45, 2.75) is 18.2 Å². The van der Waals surface area contributed by atoms with E-state index in [0.29, 0.717) is 13.2 Å². The summed E-state index contributed by atoms with van der Waals surface area (Å²) in [5, 5.41) is 21.2. The summed E-state index contributed by atoms with van der Waals surface area (Å²) >= 11 is 0. The molecule has 5 heteroatoms. The summed E-state index contributed by atoms with van der Waals surface area (Å²) in [6.45, 7) is 0.896. The highest BCUT2D eigenvalue weighted by atomic mass is 35.5. The Balaban J connectivity index is 0.000001000. The van der Waals surface area contributed by atoms with E-state index in [0.717, 1.165) is 0 Å². The molecule has 0 aromatic heterocycles. The van der Waals surface area contributed by atoms with Gasteiger partial charge in [0.1, 0.15) is 0 Å². The molecule has 1 saturated heterocycles. The first-order chi connectivity index (χ1) is 4.75. The van der Waals surface area contributed by atoms with Crippen molar-refractivity contribution < 1.29 is 14.9 Å². The van der Waals surface area contributed by atoms with Crippen LogP contribution in [0.2, 0.25) is 0 Å².